The Morgan fingerprint density at radius 3 is 1.38 bits per heavy atom. The largest absolute Gasteiger partial charge is 2.00 e. The number of hydrogen-bond donors (Lipinski definition) is 0. The summed E-state index contributed by atoms with van der Waals surface area (Å²) in [5.41, 5.74) is 0.872. The van der Waals surface area contributed by atoms with E-state index in [-0.39, 0.29) is 63.7 Å². The van der Waals surface area contributed by atoms with Gasteiger partial charge < -0.3 is 12.3 Å². The van der Waals surface area contributed by atoms with Crippen LogP contribution in [0.1, 0.15) is 51.3 Å². The molecule has 1 aromatic carbocycles. The summed E-state index contributed by atoms with van der Waals surface area (Å²) in [6.45, 7) is 8.67. The number of ether oxygens (including phenoxy) is 2. The normalized spacial score (nSPS) is 10.2. The van der Waals surface area contributed by atoms with Gasteiger partial charge in [-0.05, 0) is 36.1 Å². The molecule has 0 atom stereocenters. The molecular weight excluding hydrogens is 394 g/mol. The van der Waals surface area contributed by atoms with Crippen LogP contribution in [0.2, 0.25) is 0 Å². The van der Waals surface area contributed by atoms with Crippen molar-refractivity contribution in [3.8, 4) is 0 Å². The van der Waals surface area contributed by atoms with Gasteiger partial charge in [-0.3, -0.25) is 0 Å². The predicted octanol–water partition coefficient (Wildman–Crippen LogP) is 3.16. The van der Waals surface area contributed by atoms with Gasteiger partial charge >= 0.3 is 60.8 Å². The van der Waals surface area contributed by atoms with Crippen LogP contribution in [0.5, 0.6) is 0 Å². The van der Waals surface area contributed by atoms with E-state index in [1.165, 1.54) is 0 Å². The van der Waals surface area contributed by atoms with E-state index < -0.39 is 0 Å². The summed E-state index contributed by atoms with van der Waals surface area (Å²) in [5.74, 6) is -0.157. The fourth-order valence-electron chi connectivity index (χ4n) is 1.39. The Kier molecular flexibility index (Phi) is 10.3. The number of carbonyl (C=O) groups excluding carboxylic acids is 2. The molecule has 0 saturated heterocycles. The molecule has 0 aliphatic carbocycles. The number of carbonyl (C=O) groups is 2. The van der Waals surface area contributed by atoms with Crippen LogP contribution >= 0.6 is 0 Å². The SMILES string of the molecule is CC(C)COC(=O)c1ccc(C(=O)OCC(C)C)cc1.[Ba+2].[H-].[H-]. The van der Waals surface area contributed by atoms with Crippen LogP contribution in [-0.4, -0.2) is 74.0 Å². The van der Waals surface area contributed by atoms with Gasteiger partial charge in [0.25, 0.3) is 0 Å². The molecule has 4 nitrogen and oxygen atoms in total. The van der Waals surface area contributed by atoms with E-state index in [4.69, 9.17) is 9.47 Å². The van der Waals surface area contributed by atoms with Crippen molar-refractivity contribution in [3.05, 3.63) is 35.4 Å². The second-order valence-electron chi connectivity index (χ2n) is 5.56. The minimum Gasteiger partial charge on any atom is -1.00 e. The van der Waals surface area contributed by atoms with Gasteiger partial charge in [-0.1, -0.05) is 27.7 Å². The summed E-state index contributed by atoms with van der Waals surface area (Å²) in [6, 6.07) is 6.31. The first-order valence-electron chi connectivity index (χ1n) is 6.84. The van der Waals surface area contributed by atoms with Crippen molar-refractivity contribution in [1.82, 2.24) is 0 Å². The smallest absolute Gasteiger partial charge is 1.00 e. The van der Waals surface area contributed by atoms with Gasteiger partial charge in [0, 0.05) is 0 Å². The zero-order chi connectivity index (χ0) is 15.1. The first-order chi connectivity index (χ1) is 9.40. The van der Waals surface area contributed by atoms with Crippen molar-refractivity contribution in [2.75, 3.05) is 13.2 Å². The molecule has 0 saturated carbocycles. The van der Waals surface area contributed by atoms with E-state index >= 15 is 0 Å². The molecule has 5 heteroatoms. The van der Waals surface area contributed by atoms with Crippen molar-refractivity contribution >= 4 is 60.8 Å². The van der Waals surface area contributed by atoms with Crippen LogP contribution in [0, 0.1) is 11.8 Å². The zero-order valence-electron chi connectivity index (χ0n) is 15.2. The molecule has 0 spiro atoms. The average molecular weight is 418 g/mol. The quantitative estimate of drug-likeness (QED) is 0.527. The molecule has 0 heterocycles. The van der Waals surface area contributed by atoms with Crippen LogP contribution in [-0.2, 0) is 9.47 Å². The van der Waals surface area contributed by atoms with Crippen LogP contribution in [0.15, 0.2) is 24.3 Å². The monoisotopic (exact) mass is 418 g/mol. The Morgan fingerprint density at radius 1 is 0.857 bits per heavy atom. The predicted molar refractivity (Wildman–Crippen MR) is 84.7 cm³/mol. The number of esters is 2. The molecule has 0 amide bonds. The van der Waals surface area contributed by atoms with Crippen LogP contribution in [0.25, 0.3) is 0 Å². The van der Waals surface area contributed by atoms with Crippen molar-refractivity contribution in [2.24, 2.45) is 11.8 Å². The second kappa shape index (κ2) is 10.5. The van der Waals surface area contributed by atoms with Gasteiger partial charge in [0.15, 0.2) is 0 Å². The molecule has 0 bridgehead atoms. The maximum absolute atomic E-state index is 11.7. The third-order valence-electron chi connectivity index (χ3n) is 2.45. The zero-order valence-corrected chi connectivity index (χ0v) is 17.7. The summed E-state index contributed by atoms with van der Waals surface area (Å²) >= 11 is 0. The first kappa shape index (κ1) is 20.7. The summed E-state index contributed by atoms with van der Waals surface area (Å²) in [4.78, 5) is 23.4. The van der Waals surface area contributed by atoms with Crippen molar-refractivity contribution < 1.29 is 21.9 Å². The third kappa shape index (κ3) is 8.07. The van der Waals surface area contributed by atoms with E-state index in [0.29, 0.717) is 36.2 Å². The summed E-state index contributed by atoms with van der Waals surface area (Å²) < 4.78 is 10.2. The van der Waals surface area contributed by atoms with Gasteiger partial charge in [-0.25, -0.2) is 9.59 Å². The number of benzene rings is 1. The molecule has 1 rings (SSSR count). The van der Waals surface area contributed by atoms with Gasteiger partial charge in [-0.15, -0.1) is 0 Å². The molecule has 0 aliphatic rings. The van der Waals surface area contributed by atoms with Crippen molar-refractivity contribution in [1.29, 1.82) is 0 Å². The average Bonchev–Trinajstić information content (AvgIpc) is 2.42. The maximum atomic E-state index is 11.7. The van der Waals surface area contributed by atoms with Crippen molar-refractivity contribution in [2.45, 2.75) is 27.7 Å². The Morgan fingerprint density at radius 2 is 1.14 bits per heavy atom. The minimum absolute atomic E-state index is 0. The fraction of sp³-hybridized carbons (Fsp3) is 0.500. The minimum atomic E-state index is -0.374. The second-order valence-corrected chi connectivity index (χ2v) is 5.56. The fourth-order valence-corrected chi connectivity index (χ4v) is 1.39. The van der Waals surface area contributed by atoms with E-state index in [2.05, 4.69) is 0 Å². The number of rotatable bonds is 6. The van der Waals surface area contributed by atoms with Crippen LogP contribution < -0.4 is 0 Å². The van der Waals surface area contributed by atoms with Gasteiger partial charge in [0.05, 0.1) is 24.3 Å². The molecular formula is C16H24BaO4. The first-order valence-corrected chi connectivity index (χ1v) is 6.84. The van der Waals surface area contributed by atoms with Crippen LogP contribution in [0.3, 0.4) is 0 Å². The Labute approximate surface area is 169 Å². The van der Waals surface area contributed by atoms with Gasteiger partial charge in [-0.2, -0.15) is 0 Å². The Balaban J connectivity index is -0.00000133. The van der Waals surface area contributed by atoms with E-state index in [1.807, 2.05) is 27.7 Å². The van der Waals surface area contributed by atoms with Gasteiger partial charge in [0.1, 0.15) is 0 Å². The number of hydrogen-bond acceptors (Lipinski definition) is 4. The van der Waals surface area contributed by atoms with Gasteiger partial charge in [0.2, 0.25) is 0 Å². The molecule has 0 fully saturated rings. The Hall–Kier alpha value is -0.269. The molecule has 0 N–H and O–H groups in total. The van der Waals surface area contributed by atoms with E-state index in [1.54, 1.807) is 24.3 Å². The van der Waals surface area contributed by atoms with E-state index in [9.17, 15) is 9.59 Å². The topological polar surface area (TPSA) is 52.6 Å². The summed E-state index contributed by atoms with van der Waals surface area (Å²) in [5, 5.41) is 0. The standard InChI is InChI=1S/C16H22O4.Ba.2H/c1-11(2)9-19-15(17)13-5-7-14(8-6-13)16(18)20-10-12(3)4;;;/h5-8,11-12H,9-10H2,1-4H3;;;/q;+2;2*-1. The van der Waals surface area contributed by atoms with Crippen LogP contribution in [0.4, 0.5) is 0 Å². The third-order valence-corrected chi connectivity index (χ3v) is 2.45. The van der Waals surface area contributed by atoms with E-state index in [0.717, 1.165) is 0 Å². The molecule has 21 heavy (non-hydrogen) atoms. The Bertz CT molecular complexity index is 419. The molecule has 0 unspecified atom stereocenters. The molecule has 114 valence electrons. The molecule has 0 aliphatic heterocycles. The summed E-state index contributed by atoms with van der Waals surface area (Å²) in [7, 11) is 0. The molecule has 1 aromatic rings. The molecule has 0 aromatic heterocycles. The summed E-state index contributed by atoms with van der Waals surface area (Å²) in [6.07, 6.45) is 0. The van der Waals surface area contributed by atoms with Crippen molar-refractivity contribution in [3.63, 3.8) is 0 Å². The molecule has 0 radical (unpaired) electrons. The maximum Gasteiger partial charge on any atom is 2.00 e.